The van der Waals surface area contributed by atoms with Crippen molar-refractivity contribution in [3.05, 3.63) is 84.4 Å². The molecule has 2 N–H and O–H groups in total. The summed E-state index contributed by atoms with van der Waals surface area (Å²) in [6, 6.07) is 21.2. The van der Waals surface area contributed by atoms with Crippen LogP contribution in [0.1, 0.15) is 10.4 Å². The van der Waals surface area contributed by atoms with Crippen LogP contribution in [0, 0.1) is 0 Å². The molecule has 0 saturated carbocycles. The molecule has 8 nitrogen and oxygen atoms in total. The van der Waals surface area contributed by atoms with Crippen molar-refractivity contribution < 1.29 is 28.6 Å². The van der Waals surface area contributed by atoms with E-state index in [1.54, 1.807) is 60.7 Å². The smallest absolute Gasteiger partial charge is 0.417 e. The number of hydrogen-bond donors (Lipinski definition) is 2. The largest absolute Gasteiger partial charge is 0.465 e. The first-order valence-corrected chi connectivity index (χ1v) is 8.84. The van der Waals surface area contributed by atoms with Gasteiger partial charge in [-0.2, -0.15) is 0 Å². The number of methoxy groups -OCH3 is 1. The van der Waals surface area contributed by atoms with Crippen molar-refractivity contribution in [2.75, 3.05) is 17.7 Å². The minimum absolute atomic E-state index is 0.116. The van der Waals surface area contributed by atoms with Crippen LogP contribution in [0.25, 0.3) is 0 Å². The molecule has 0 saturated heterocycles. The average molecular weight is 406 g/mol. The van der Waals surface area contributed by atoms with E-state index in [-0.39, 0.29) is 16.9 Å². The number of para-hydroxylation sites is 2. The van der Waals surface area contributed by atoms with Crippen molar-refractivity contribution in [1.82, 2.24) is 0 Å². The lowest BCUT2D eigenvalue weighted by Crippen LogP contribution is -2.19. The normalized spacial score (nSPS) is 9.90. The van der Waals surface area contributed by atoms with Crippen LogP contribution in [0.5, 0.6) is 11.5 Å². The van der Waals surface area contributed by atoms with Gasteiger partial charge < -0.3 is 14.2 Å². The fourth-order valence-corrected chi connectivity index (χ4v) is 2.49. The summed E-state index contributed by atoms with van der Waals surface area (Å²) in [6.07, 6.45) is -1.53. The molecule has 0 radical (unpaired) electrons. The number of esters is 1. The quantitative estimate of drug-likeness (QED) is 0.596. The highest BCUT2D eigenvalue weighted by Crippen LogP contribution is 2.21. The number of benzene rings is 3. The Morgan fingerprint density at radius 1 is 0.667 bits per heavy atom. The molecule has 30 heavy (non-hydrogen) atoms. The van der Waals surface area contributed by atoms with Crippen LogP contribution >= 0.6 is 0 Å². The number of rotatable bonds is 5. The van der Waals surface area contributed by atoms with Gasteiger partial charge in [0, 0.05) is 11.4 Å². The van der Waals surface area contributed by atoms with E-state index in [4.69, 9.17) is 14.2 Å². The molecule has 3 aromatic carbocycles. The number of carbonyl (C=O) groups is 3. The third-order valence-corrected chi connectivity index (χ3v) is 3.75. The van der Waals surface area contributed by atoms with Gasteiger partial charge in [0.15, 0.2) is 0 Å². The third-order valence-electron chi connectivity index (χ3n) is 3.75. The SMILES string of the molecule is COC(=O)c1cc(NC(=O)Oc2ccccc2)cc(NC(=O)Oc2ccccc2)c1. The van der Waals surface area contributed by atoms with Gasteiger partial charge in [0.1, 0.15) is 11.5 Å². The summed E-state index contributed by atoms with van der Waals surface area (Å²) in [6.45, 7) is 0. The van der Waals surface area contributed by atoms with E-state index >= 15 is 0 Å². The first-order valence-electron chi connectivity index (χ1n) is 8.84. The topological polar surface area (TPSA) is 103 Å². The molecule has 0 fully saturated rings. The number of ether oxygens (including phenoxy) is 3. The second-order valence-electron chi connectivity index (χ2n) is 5.95. The van der Waals surface area contributed by atoms with E-state index in [1.807, 2.05) is 0 Å². The van der Waals surface area contributed by atoms with Crippen LogP contribution < -0.4 is 20.1 Å². The lowest BCUT2D eigenvalue weighted by atomic mass is 10.1. The maximum atomic E-state index is 12.1. The first-order chi connectivity index (χ1) is 14.5. The lowest BCUT2D eigenvalue weighted by molar-refractivity contribution is 0.0600. The van der Waals surface area contributed by atoms with Crippen molar-refractivity contribution in [2.45, 2.75) is 0 Å². The number of carbonyl (C=O) groups excluding carboxylic acids is 3. The van der Waals surface area contributed by atoms with E-state index in [2.05, 4.69) is 10.6 Å². The van der Waals surface area contributed by atoms with Gasteiger partial charge in [-0.05, 0) is 42.5 Å². The minimum Gasteiger partial charge on any atom is -0.465 e. The highest BCUT2D eigenvalue weighted by atomic mass is 16.6. The molecule has 0 aromatic heterocycles. The predicted molar refractivity (Wildman–Crippen MR) is 110 cm³/mol. The summed E-state index contributed by atoms with van der Waals surface area (Å²) in [5, 5.41) is 5.02. The van der Waals surface area contributed by atoms with Crippen molar-refractivity contribution in [1.29, 1.82) is 0 Å². The highest BCUT2D eigenvalue weighted by Gasteiger charge is 2.14. The zero-order chi connectivity index (χ0) is 21.3. The van der Waals surface area contributed by atoms with E-state index < -0.39 is 18.2 Å². The van der Waals surface area contributed by atoms with Crippen LogP contribution in [-0.4, -0.2) is 25.3 Å². The number of hydrogen-bond acceptors (Lipinski definition) is 6. The van der Waals surface area contributed by atoms with Gasteiger partial charge in [-0.25, -0.2) is 14.4 Å². The van der Waals surface area contributed by atoms with Gasteiger partial charge in [-0.1, -0.05) is 36.4 Å². The predicted octanol–water partition coefficient (Wildman–Crippen LogP) is 4.70. The molecule has 0 heterocycles. The molecule has 0 spiro atoms. The van der Waals surface area contributed by atoms with Crippen molar-refractivity contribution in [3.8, 4) is 11.5 Å². The van der Waals surface area contributed by atoms with Crippen molar-refractivity contribution in [2.24, 2.45) is 0 Å². The van der Waals surface area contributed by atoms with Crippen LogP contribution in [0.4, 0.5) is 21.0 Å². The Balaban J connectivity index is 1.75. The lowest BCUT2D eigenvalue weighted by Gasteiger charge is -2.12. The molecule has 3 rings (SSSR count). The van der Waals surface area contributed by atoms with E-state index in [9.17, 15) is 14.4 Å². The Bertz CT molecular complexity index is 964. The molecular formula is C22H18N2O6. The Morgan fingerprint density at radius 2 is 1.10 bits per heavy atom. The monoisotopic (exact) mass is 406 g/mol. The van der Waals surface area contributed by atoms with Gasteiger partial charge in [-0.3, -0.25) is 10.6 Å². The summed E-state index contributed by atoms with van der Waals surface area (Å²) in [4.78, 5) is 36.3. The standard InChI is InChI=1S/C22H18N2O6/c1-28-20(25)15-12-16(23-21(26)29-18-8-4-2-5-9-18)14-17(13-15)24-22(27)30-19-10-6-3-7-11-19/h2-14H,1H3,(H,23,26)(H,24,27). The molecule has 0 aliphatic heterocycles. The molecule has 152 valence electrons. The van der Waals surface area contributed by atoms with Crippen LogP contribution in [0.15, 0.2) is 78.9 Å². The Kier molecular flexibility index (Phi) is 6.63. The van der Waals surface area contributed by atoms with Crippen LogP contribution in [-0.2, 0) is 4.74 Å². The molecule has 3 aromatic rings. The van der Waals surface area contributed by atoms with E-state index in [0.717, 1.165) is 0 Å². The number of nitrogens with one attached hydrogen (secondary N) is 2. The molecule has 0 bridgehead atoms. The summed E-state index contributed by atoms with van der Waals surface area (Å²) < 4.78 is 15.1. The van der Waals surface area contributed by atoms with Crippen LogP contribution in [0.2, 0.25) is 0 Å². The maximum Gasteiger partial charge on any atom is 0.417 e. The highest BCUT2D eigenvalue weighted by molar-refractivity contribution is 5.96. The Labute approximate surface area is 172 Å². The van der Waals surface area contributed by atoms with Gasteiger partial charge in [0.25, 0.3) is 0 Å². The summed E-state index contributed by atoms with van der Waals surface area (Å²) in [7, 11) is 1.23. The van der Waals surface area contributed by atoms with E-state index in [0.29, 0.717) is 11.5 Å². The molecule has 0 aliphatic carbocycles. The van der Waals surface area contributed by atoms with Crippen molar-refractivity contribution in [3.63, 3.8) is 0 Å². The molecular weight excluding hydrogens is 388 g/mol. The number of amides is 2. The van der Waals surface area contributed by atoms with Crippen LogP contribution in [0.3, 0.4) is 0 Å². The summed E-state index contributed by atoms with van der Waals surface area (Å²) in [5.41, 5.74) is 0.549. The average Bonchev–Trinajstić information content (AvgIpc) is 2.74. The number of anilines is 2. The van der Waals surface area contributed by atoms with Crippen molar-refractivity contribution >= 4 is 29.5 Å². The summed E-state index contributed by atoms with van der Waals surface area (Å²) in [5.74, 6) is 0.0578. The zero-order valence-corrected chi connectivity index (χ0v) is 16.0. The van der Waals surface area contributed by atoms with Gasteiger partial charge in [-0.15, -0.1) is 0 Å². The third kappa shape index (κ3) is 5.83. The Morgan fingerprint density at radius 3 is 1.50 bits per heavy atom. The zero-order valence-electron chi connectivity index (χ0n) is 16.0. The van der Waals surface area contributed by atoms with Gasteiger partial charge in [0.2, 0.25) is 0 Å². The molecule has 8 heteroatoms. The van der Waals surface area contributed by atoms with Gasteiger partial charge in [0.05, 0.1) is 12.7 Å². The first kappa shape index (κ1) is 20.4. The molecule has 0 aliphatic rings. The van der Waals surface area contributed by atoms with Gasteiger partial charge >= 0.3 is 18.2 Å². The molecule has 2 amide bonds. The minimum atomic E-state index is -0.763. The summed E-state index contributed by atoms with van der Waals surface area (Å²) >= 11 is 0. The second-order valence-corrected chi connectivity index (χ2v) is 5.95. The van der Waals surface area contributed by atoms with E-state index in [1.165, 1.54) is 25.3 Å². The molecule has 0 atom stereocenters. The maximum absolute atomic E-state index is 12.1. The second kappa shape index (κ2) is 9.74. The molecule has 0 unspecified atom stereocenters. The fraction of sp³-hybridized carbons (Fsp3) is 0.0455. The fourth-order valence-electron chi connectivity index (χ4n) is 2.49. The Hall–Kier alpha value is -4.33.